The van der Waals surface area contributed by atoms with Crippen LogP contribution in [0.15, 0.2) is 0 Å². The normalized spacial score (nSPS) is 12.7. The third kappa shape index (κ3) is 21.7. The highest BCUT2D eigenvalue weighted by Crippen LogP contribution is 2.07. The van der Waals surface area contributed by atoms with E-state index < -0.39 is 17.9 Å². The van der Waals surface area contributed by atoms with Crippen molar-refractivity contribution in [2.75, 3.05) is 44.5 Å². The fraction of sp³-hybridized carbons (Fsp3) is 0.850. The molecule has 3 atom stereocenters. The number of hydrogen-bond donors (Lipinski definition) is 5. The van der Waals surface area contributed by atoms with Crippen LogP contribution in [-0.4, -0.2) is 74.4 Å². The second-order valence-corrected chi connectivity index (χ2v) is 8.10. The lowest BCUT2D eigenvalue weighted by atomic mass is 9.98. The number of methoxy groups -OCH3 is 1. The zero-order valence-electron chi connectivity index (χ0n) is 19.7. The Labute approximate surface area is 193 Å². The molecule has 5 N–H and O–H groups in total. The van der Waals surface area contributed by atoms with E-state index in [2.05, 4.69) is 60.3 Å². The Morgan fingerprint density at radius 3 is 2.07 bits per heavy atom. The molecule has 0 rings (SSSR count). The summed E-state index contributed by atoms with van der Waals surface area (Å²) in [5, 5.41) is 8.04. The number of nitrogens with two attached hydrogens (primary N) is 1. The van der Waals surface area contributed by atoms with E-state index >= 15 is 0 Å². The van der Waals surface area contributed by atoms with Crippen LogP contribution < -0.4 is 21.7 Å². The Hall–Kier alpha value is -0.970. The summed E-state index contributed by atoms with van der Waals surface area (Å²) in [7, 11) is 1.24. The average molecular weight is 469 g/mol. The lowest BCUT2D eigenvalue weighted by Crippen LogP contribution is -2.53. The summed E-state index contributed by atoms with van der Waals surface area (Å²) >= 11 is 5.91. The standard InChI is InChI=1S/C14H28N4O4S.C3H8S.C3H8/c1-4-9(2)13(14(21)17-7-12(20)22-3)18-11(19)6-16-5-10(15)8-23;1-3-4-2;1-3-2/h9-10,13,16,23H,4-8,15H2,1-3H3,(H,17,21)(H,18,19);3H2,1-2H3;3H2,1-2H3/t9?,10-,13?;;/m1../s1. The zero-order valence-corrected chi connectivity index (χ0v) is 21.5. The molecule has 2 amide bonds. The average Bonchev–Trinajstić information content (AvgIpc) is 2.75. The summed E-state index contributed by atoms with van der Waals surface area (Å²) in [6.45, 7) is 10.4. The van der Waals surface area contributed by atoms with Crippen LogP contribution in [-0.2, 0) is 19.1 Å². The van der Waals surface area contributed by atoms with Gasteiger partial charge in [-0.2, -0.15) is 24.4 Å². The van der Waals surface area contributed by atoms with Gasteiger partial charge in [0.25, 0.3) is 0 Å². The molecule has 180 valence electrons. The molecule has 8 nitrogen and oxygen atoms in total. The summed E-state index contributed by atoms with van der Waals surface area (Å²) in [6, 6.07) is -0.850. The molecule has 0 aromatic carbocycles. The number of hydrogen-bond acceptors (Lipinski definition) is 8. The van der Waals surface area contributed by atoms with Gasteiger partial charge >= 0.3 is 5.97 Å². The molecular formula is C20H44N4O4S2. The zero-order chi connectivity index (χ0) is 23.9. The number of amides is 2. The van der Waals surface area contributed by atoms with E-state index in [4.69, 9.17) is 5.73 Å². The number of thioether (sulfide) groups is 1. The third-order valence-electron chi connectivity index (χ3n) is 3.66. The van der Waals surface area contributed by atoms with Gasteiger partial charge in [0.1, 0.15) is 12.6 Å². The smallest absolute Gasteiger partial charge is 0.325 e. The van der Waals surface area contributed by atoms with E-state index in [0.717, 1.165) is 0 Å². The maximum Gasteiger partial charge on any atom is 0.325 e. The van der Waals surface area contributed by atoms with E-state index in [1.54, 1.807) is 0 Å². The molecule has 0 aliphatic carbocycles. The lowest BCUT2D eigenvalue weighted by molar-refractivity contribution is -0.141. The summed E-state index contributed by atoms with van der Waals surface area (Å²) in [5.74, 6) is 0.409. The van der Waals surface area contributed by atoms with Crippen LogP contribution in [0.25, 0.3) is 0 Å². The molecular weight excluding hydrogens is 424 g/mol. The Bertz CT molecular complexity index is 441. The SMILES string of the molecule is CCC.CCC(C)C(NC(=O)CNC[C@@H](N)CS)C(=O)NCC(=O)OC.CCSC. The molecule has 0 bridgehead atoms. The first-order valence-electron chi connectivity index (χ1n) is 10.4. The minimum absolute atomic E-state index is 0.0543. The predicted molar refractivity (Wildman–Crippen MR) is 131 cm³/mol. The highest BCUT2D eigenvalue weighted by atomic mass is 32.2. The van der Waals surface area contributed by atoms with E-state index in [-0.39, 0.29) is 31.0 Å². The van der Waals surface area contributed by atoms with Crippen molar-refractivity contribution < 1.29 is 19.1 Å². The highest BCUT2D eigenvalue weighted by Gasteiger charge is 2.26. The van der Waals surface area contributed by atoms with E-state index in [1.165, 1.54) is 19.3 Å². The van der Waals surface area contributed by atoms with Gasteiger partial charge in [-0.15, -0.1) is 0 Å². The van der Waals surface area contributed by atoms with Gasteiger partial charge in [-0.05, 0) is 17.9 Å². The van der Waals surface area contributed by atoms with Gasteiger partial charge in [0.2, 0.25) is 11.8 Å². The van der Waals surface area contributed by atoms with Crippen LogP contribution in [0.5, 0.6) is 0 Å². The van der Waals surface area contributed by atoms with Gasteiger partial charge in [-0.1, -0.05) is 47.5 Å². The Balaban J connectivity index is -0.000000900. The summed E-state index contributed by atoms with van der Waals surface area (Å²) in [6.07, 6.45) is 4.05. The maximum absolute atomic E-state index is 12.1. The number of nitrogens with one attached hydrogen (secondary N) is 3. The second kappa shape index (κ2) is 24.3. The number of carbonyl (C=O) groups excluding carboxylic acids is 3. The number of ether oxygens (including phenoxy) is 1. The Morgan fingerprint density at radius 2 is 1.67 bits per heavy atom. The minimum atomic E-state index is -0.711. The third-order valence-corrected chi connectivity index (χ3v) is 4.71. The van der Waals surface area contributed by atoms with Crippen LogP contribution in [0.2, 0.25) is 0 Å². The van der Waals surface area contributed by atoms with Gasteiger partial charge in [0.15, 0.2) is 0 Å². The molecule has 0 saturated carbocycles. The van der Waals surface area contributed by atoms with Gasteiger partial charge < -0.3 is 26.4 Å². The summed E-state index contributed by atoms with van der Waals surface area (Å²) < 4.78 is 4.47. The fourth-order valence-corrected chi connectivity index (χ4v) is 1.83. The van der Waals surface area contributed by atoms with Crippen molar-refractivity contribution in [2.24, 2.45) is 11.7 Å². The van der Waals surface area contributed by atoms with Gasteiger partial charge in [-0.25, -0.2) is 0 Å². The first-order chi connectivity index (χ1) is 14.2. The molecule has 0 aromatic heterocycles. The van der Waals surface area contributed by atoms with E-state index in [9.17, 15) is 14.4 Å². The monoisotopic (exact) mass is 468 g/mol. The van der Waals surface area contributed by atoms with Crippen LogP contribution in [0, 0.1) is 5.92 Å². The van der Waals surface area contributed by atoms with Crippen LogP contribution in [0.4, 0.5) is 0 Å². The molecule has 0 aliphatic heterocycles. The maximum atomic E-state index is 12.1. The second-order valence-electron chi connectivity index (χ2n) is 6.58. The summed E-state index contributed by atoms with van der Waals surface area (Å²) in [5.41, 5.74) is 5.68. The highest BCUT2D eigenvalue weighted by molar-refractivity contribution is 7.98. The van der Waals surface area contributed by atoms with Crippen LogP contribution in [0.1, 0.15) is 47.5 Å². The van der Waals surface area contributed by atoms with Crippen molar-refractivity contribution in [2.45, 2.75) is 59.5 Å². The largest absolute Gasteiger partial charge is 0.468 e. The quantitative estimate of drug-likeness (QED) is 0.217. The Morgan fingerprint density at radius 1 is 1.13 bits per heavy atom. The minimum Gasteiger partial charge on any atom is -0.468 e. The molecule has 0 radical (unpaired) electrons. The first-order valence-corrected chi connectivity index (χ1v) is 12.4. The van der Waals surface area contributed by atoms with E-state index in [0.29, 0.717) is 18.7 Å². The number of carbonyl (C=O) groups is 3. The van der Waals surface area contributed by atoms with Crippen molar-refractivity contribution in [1.29, 1.82) is 0 Å². The van der Waals surface area contributed by atoms with Crippen LogP contribution >= 0.6 is 24.4 Å². The molecule has 2 unspecified atom stereocenters. The van der Waals surface area contributed by atoms with Crippen molar-refractivity contribution in [3.05, 3.63) is 0 Å². The lowest BCUT2D eigenvalue weighted by Gasteiger charge is -2.23. The van der Waals surface area contributed by atoms with Gasteiger partial charge in [-0.3, -0.25) is 14.4 Å². The van der Waals surface area contributed by atoms with Gasteiger partial charge in [0, 0.05) is 18.3 Å². The number of esters is 1. The summed E-state index contributed by atoms with van der Waals surface area (Å²) in [4.78, 5) is 35.2. The molecule has 0 heterocycles. The molecule has 0 aliphatic rings. The molecule has 30 heavy (non-hydrogen) atoms. The van der Waals surface area contributed by atoms with E-state index in [1.807, 2.05) is 25.6 Å². The number of thiol groups is 1. The molecule has 0 saturated heterocycles. The topological polar surface area (TPSA) is 123 Å². The van der Waals surface area contributed by atoms with Crippen molar-refractivity contribution in [3.63, 3.8) is 0 Å². The van der Waals surface area contributed by atoms with Gasteiger partial charge in [0.05, 0.1) is 13.7 Å². The molecule has 0 fully saturated rings. The van der Waals surface area contributed by atoms with Crippen LogP contribution in [0.3, 0.4) is 0 Å². The molecule has 0 aromatic rings. The Kier molecular flexibility index (Phi) is 27.3. The molecule has 0 spiro atoms. The predicted octanol–water partition coefficient (Wildman–Crippen LogP) is 1.44. The van der Waals surface area contributed by atoms with Crippen molar-refractivity contribution >= 4 is 42.2 Å². The fourth-order valence-electron chi connectivity index (χ4n) is 1.70. The van der Waals surface area contributed by atoms with Crippen molar-refractivity contribution in [1.82, 2.24) is 16.0 Å². The first kappa shape index (κ1) is 33.7. The molecule has 10 heteroatoms. The number of rotatable bonds is 12. The van der Waals surface area contributed by atoms with Crippen molar-refractivity contribution in [3.8, 4) is 0 Å².